The third kappa shape index (κ3) is 4.51. The predicted octanol–water partition coefficient (Wildman–Crippen LogP) is 1.68. The van der Waals surface area contributed by atoms with Crippen LogP contribution in [0, 0.1) is 5.82 Å². The maximum Gasteiger partial charge on any atom is 0.237 e. The SMILES string of the molecule is CC(CCO)NC(=O)C1CCCN1Cc1ccc(F)cc1. The highest BCUT2D eigenvalue weighted by Gasteiger charge is 2.30. The Morgan fingerprint density at radius 2 is 2.19 bits per heavy atom. The van der Waals surface area contributed by atoms with Crippen LogP contribution in [0.2, 0.25) is 0 Å². The fourth-order valence-electron chi connectivity index (χ4n) is 2.74. The van der Waals surface area contributed by atoms with Crippen LogP contribution in [0.1, 0.15) is 31.7 Å². The molecule has 21 heavy (non-hydrogen) atoms. The van der Waals surface area contributed by atoms with E-state index in [0.717, 1.165) is 24.9 Å². The molecule has 1 aromatic carbocycles. The number of rotatable bonds is 6. The molecule has 0 spiro atoms. The number of amides is 1. The number of nitrogens with zero attached hydrogens (tertiary/aromatic N) is 1. The Kier molecular flexibility index (Phi) is 5.70. The summed E-state index contributed by atoms with van der Waals surface area (Å²) in [7, 11) is 0. The highest BCUT2D eigenvalue weighted by molar-refractivity contribution is 5.82. The summed E-state index contributed by atoms with van der Waals surface area (Å²) >= 11 is 0. The number of benzene rings is 1. The van der Waals surface area contributed by atoms with Gasteiger partial charge in [0.25, 0.3) is 0 Å². The van der Waals surface area contributed by atoms with Gasteiger partial charge in [-0.2, -0.15) is 0 Å². The molecule has 0 saturated carbocycles. The average molecular weight is 294 g/mol. The molecule has 1 heterocycles. The van der Waals surface area contributed by atoms with Gasteiger partial charge in [0.15, 0.2) is 0 Å². The van der Waals surface area contributed by atoms with Gasteiger partial charge in [-0.3, -0.25) is 9.69 Å². The second-order valence-electron chi connectivity index (χ2n) is 5.68. The van der Waals surface area contributed by atoms with Gasteiger partial charge in [0, 0.05) is 19.2 Å². The van der Waals surface area contributed by atoms with Crippen molar-refractivity contribution in [3.8, 4) is 0 Å². The van der Waals surface area contributed by atoms with Crippen molar-refractivity contribution in [1.82, 2.24) is 10.2 Å². The van der Waals surface area contributed by atoms with Crippen molar-refractivity contribution in [3.63, 3.8) is 0 Å². The van der Waals surface area contributed by atoms with Gasteiger partial charge >= 0.3 is 0 Å². The van der Waals surface area contributed by atoms with E-state index in [-0.39, 0.29) is 30.4 Å². The molecular weight excluding hydrogens is 271 g/mol. The second-order valence-corrected chi connectivity index (χ2v) is 5.68. The van der Waals surface area contributed by atoms with Crippen molar-refractivity contribution >= 4 is 5.91 Å². The van der Waals surface area contributed by atoms with Crippen molar-refractivity contribution in [1.29, 1.82) is 0 Å². The van der Waals surface area contributed by atoms with Crippen molar-refractivity contribution in [2.45, 2.75) is 44.8 Å². The Balaban J connectivity index is 1.93. The number of hydrogen-bond donors (Lipinski definition) is 2. The smallest absolute Gasteiger partial charge is 0.237 e. The number of halogens is 1. The molecule has 4 nitrogen and oxygen atoms in total. The van der Waals surface area contributed by atoms with Crippen molar-refractivity contribution in [3.05, 3.63) is 35.6 Å². The fraction of sp³-hybridized carbons (Fsp3) is 0.562. The lowest BCUT2D eigenvalue weighted by Gasteiger charge is -2.25. The van der Waals surface area contributed by atoms with E-state index in [2.05, 4.69) is 10.2 Å². The van der Waals surface area contributed by atoms with Crippen molar-refractivity contribution in [2.24, 2.45) is 0 Å². The normalized spacial score (nSPS) is 20.4. The minimum Gasteiger partial charge on any atom is -0.396 e. The molecule has 0 bridgehead atoms. The zero-order chi connectivity index (χ0) is 15.2. The van der Waals surface area contributed by atoms with Gasteiger partial charge in [-0.15, -0.1) is 0 Å². The molecule has 1 aliphatic rings. The maximum atomic E-state index is 12.9. The predicted molar refractivity (Wildman–Crippen MR) is 79.1 cm³/mol. The van der Waals surface area contributed by atoms with Gasteiger partial charge in [0.2, 0.25) is 5.91 Å². The number of carbonyl (C=O) groups excluding carboxylic acids is 1. The third-order valence-electron chi connectivity index (χ3n) is 3.92. The van der Waals surface area contributed by atoms with E-state index in [9.17, 15) is 9.18 Å². The lowest BCUT2D eigenvalue weighted by molar-refractivity contribution is -0.126. The second kappa shape index (κ2) is 7.52. The summed E-state index contributed by atoms with van der Waals surface area (Å²) in [5.74, 6) is -0.220. The van der Waals surface area contributed by atoms with Crippen LogP contribution in [0.3, 0.4) is 0 Å². The first-order valence-corrected chi connectivity index (χ1v) is 7.50. The quantitative estimate of drug-likeness (QED) is 0.839. The van der Waals surface area contributed by atoms with Gasteiger partial charge in [0.1, 0.15) is 5.82 Å². The molecule has 1 aliphatic heterocycles. The standard InChI is InChI=1S/C16H23FN2O2/c1-12(8-10-20)18-16(21)15-3-2-9-19(15)11-13-4-6-14(17)7-5-13/h4-7,12,15,20H,2-3,8-11H2,1H3,(H,18,21). The summed E-state index contributed by atoms with van der Waals surface area (Å²) in [6, 6.07) is 6.27. The molecule has 1 fully saturated rings. The highest BCUT2D eigenvalue weighted by Crippen LogP contribution is 2.20. The molecule has 2 N–H and O–H groups in total. The zero-order valence-corrected chi connectivity index (χ0v) is 12.4. The molecule has 0 aliphatic carbocycles. The zero-order valence-electron chi connectivity index (χ0n) is 12.4. The minimum atomic E-state index is -0.243. The van der Waals surface area contributed by atoms with Gasteiger partial charge in [0.05, 0.1) is 6.04 Å². The minimum absolute atomic E-state index is 0.0178. The largest absolute Gasteiger partial charge is 0.396 e. The van der Waals surface area contributed by atoms with E-state index in [1.165, 1.54) is 12.1 Å². The molecule has 2 unspecified atom stereocenters. The van der Waals surface area contributed by atoms with E-state index < -0.39 is 0 Å². The van der Waals surface area contributed by atoms with E-state index >= 15 is 0 Å². The van der Waals surface area contributed by atoms with Crippen LogP contribution < -0.4 is 5.32 Å². The lowest BCUT2D eigenvalue weighted by Crippen LogP contribution is -2.46. The van der Waals surface area contributed by atoms with E-state index in [1.807, 2.05) is 6.92 Å². The first-order chi connectivity index (χ1) is 10.1. The molecule has 1 saturated heterocycles. The molecule has 0 aromatic heterocycles. The Labute approximate surface area is 125 Å². The summed E-state index contributed by atoms with van der Waals surface area (Å²) in [6.45, 7) is 3.51. The summed E-state index contributed by atoms with van der Waals surface area (Å²) < 4.78 is 12.9. The van der Waals surface area contributed by atoms with E-state index in [4.69, 9.17) is 5.11 Å². The highest BCUT2D eigenvalue weighted by atomic mass is 19.1. The Morgan fingerprint density at radius 1 is 1.48 bits per heavy atom. The number of hydrogen-bond acceptors (Lipinski definition) is 3. The molecule has 2 rings (SSSR count). The number of aliphatic hydroxyl groups excluding tert-OH is 1. The molecular formula is C16H23FN2O2. The van der Waals surface area contributed by atoms with E-state index in [1.54, 1.807) is 12.1 Å². The average Bonchev–Trinajstić information content (AvgIpc) is 2.90. The summed E-state index contributed by atoms with van der Waals surface area (Å²) in [6.07, 6.45) is 2.41. The lowest BCUT2D eigenvalue weighted by atomic mass is 10.1. The van der Waals surface area contributed by atoms with Crippen LogP contribution in [0.15, 0.2) is 24.3 Å². The Bertz CT molecular complexity index is 464. The van der Waals surface area contributed by atoms with Crippen molar-refractivity contribution < 1.29 is 14.3 Å². The summed E-state index contributed by atoms with van der Waals surface area (Å²) in [5.41, 5.74) is 1.01. The topological polar surface area (TPSA) is 52.6 Å². The molecule has 1 amide bonds. The number of carbonyl (C=O) groups is 1. The van der Waals surface area contributed by atoms with Crippen LogP contribution in [0.4, 0.5) is 4.39 Å². The summed E-state index contributed by atoms with van der Waals surface area (Å²) in [4.78, 5) is 14.4. The Morgan fingerprint density at radius 3 is 2.86 bits per heavy atom. The third-order valence-corrected chi connectivity index (χ3v) is 3.92. The number of aliphatic hydroxyl groups is 1. The van der Waals surface area contributed by atoms with Crippen molar-refractivity contribution in [2.75, 3.05) is 13.2 Å². The molecule has 0 radical (unpaired) electrons. The molecule has 2 atom stereocenters. The molecule has 5 heteroatoms. The van der Waals surface area contributed by atoms with Crippen LogP contribution in [0.5, 0.6) is 0 Å². The fourth-order valence-corrected chi connectivity index (χ4v) is 2.74. The van der Waals surface area contributed by atoms with Crippen LogP contribution in [0.25, 0.3) is 0 Å². The first-order valence-electron chi connectivity index (χ1n) is 7.50. The number of nitrogens with one attached hydrogen (secondary N) is 1. The monoisotopic (exact) mass is 294 g/mol. The summed E-state index contributed by atoms with van der Waals surface area (Å²) in [5, 5.41) is 11.8. The molecule has 116 valence electrons. The Hall–Kier alpha value is -1.46. The van der Waals surface area contributed by atoms with Gasteiger partial charge in [-0.1, -0.05) is 12.1 Å². The van der Waals surface area contributed by atoms with Gasteiger partial charge in [-0.05, 0) is 50.4 Å². The van der Waals surface area contributed by atoms with Crippen LogP contribution in [-0.4, -0.2) is 41.1 Å². The number of likely N-dealkylation sites (tertiary alicyclic amines) is 1. The first kappa shape index (κ1) is 15.9. The van der Waals surface area contributed by atoms with E-state index in [0.29, 0.717) is 13.0 Å². The van der Waals surface area contributed by atoms with Crippen LogP contribution in [-0.2, 0) is 11.3 Å². The van der Waals surface area contributed by atoms with Gasteiger partial charge in [-0.25, -0.2) is 4.39 Å². The van der Waals surface area contributed by atoms with Crippen LogP contribution >= 0.6 is 0 Å². The van der Waals surface area contributed by atoms with Gasteiger partial charge < -0.3 is 10.4 Å². The maximum absolute atomic E-state index is 12.9. The molecule has 1 aromatic rings.